The lowest BCUT2D eigenvalue weighted by atomic mass is 10.3. The van der Waals surface area contributed by atoms with Crippen LogP contribution in [0.2, 0.25) is 5.15 Å². The summed E-state index contributed by atoms with van der Waals surface area (Å²) in [5.74, 6) is 0. The maximum atomic E-state index is 8.73. The molecule has 2 aromatic heterocycles. The summed E-state index contributed by atoms with van der Waals surface area (Å²) in [5, 5.41) is 12.5. The van der Waals surface area contributed by atoms with Crippen LogP contribution in [0.15, 0.2) is 24.3 Å². The molecule has 0 spiro atoms. The number of hydrogen-bond acceptors (Lipinski definition) is 4. The van der Waals surface area contributed by atoms with Crippen LogP contribution in [0.25, 0.3) is 0 Å². The molecular formula is C12H10ClN3S. The van der Waals surface area contributed by atoms with Crippen LogP contribution in [0.4, 0.5) is 5.69 Å². The maximum Gasteiger partial charge on any atom is 0.129 e. The molecule has 0 aliphatic rings. The molecule has 86 valence electrons. The molecule has 2 aromatic rings. The van der Waals surface area contributed by atoms with Gasteiger partial charge in [0, 0.05) is 11.4 Å². The number of nitrogens with one attached hydrogen (secondary N) is 1. The smallest absolute Gasteiger partial charge is 0.129 e. The number of aromatic nitrogens is 1. The topological polar surface area (TPSA) is 48.7 Å². The van der Waals surface area contributed by atoms with E-state index in [2.05, 4.69) is 16.4 Å². The normalized spacial score (nSPS) is 9.94. The van der Waals surface area contributed by atoms with Crippen LogP contribution in [0.3, 0.4) is 0 Å². The molecule has 0 amide bonds. The predicted molar refractivity (Wildman–Crippen MR) is 70.3 cm³/mol. The zero-order chi connectivity index (χ0) is 12.3. The van der Waals surface area contributed by atoms with Crippen LogP contribution < -0.4 is 5.32 Å². The van der Waals surface area contributed by atoms with E-state index in [4.69, 9.17) is 16.9 Å². The molecule has 0 aliphatic heterocycles. The zero-order valence-electron chi connectivity index (χ0n) is 9.20. The molecule has 1 N–H and O–H groups in total. The van der Waals surface area contributed by atoms with Crippen LogP contribution in [0.1, 0.15) is 15.4 Å². The van der Waals surface area contributed by atoms with Crippen molar-refractivity contribution in [2.24, 2.45) is 0 Å². The van der Waals surface area contributed by atoms with Crippen LogP contribution in [-0.2, 0) is 6.54 Å². The van der Waals surface area contributed by atoms with E-state index in [1.807, 2.05) is 25.1 Å². The van der Waals surface area contributed by atoms with Crippen LogP contribution >= 0.6 is 22.9 Å². The van der Waals surface area contributed by atoms with Gasteiger partial charge in [-0.2, -0.15) is 5.26 Å². The van der Waals surface area contributed by atoms with Crippen molar-refractivity contribution in [3.05, 3.63) is 44.9 Å². The van der Waals surface area contributed by atoms with Crippen molar-refractivity contribution >= 4 is 28.6 Å². The van der Waals surface area contributed by atoms with Gasteiger partial charge in [0.05, 0.1) is 11.4 Å². The molecule has 0 aliphatic carbocycles. The zero-order valence-corrected chi connectivity index (χ0v) is 10.8. The predicted octanol–water partition coefficient (Wildman–Crippen LogP) is 3.59. The maximum absolute atomic E-state index is 8.73. The van der Waals surface area contributed by atoms with Crippen molar-refractivity contribution in [3.8, 4) is 6.07 Å². The molecule has 0 atom stereocenters. The van der Waals surface area contributed by atoms with E-state index in [0.717, 1.165) is 21.1 Å². The first-order chi connectivity index (χ1) is 8.19. The summed E-state index contributed by atoms with van der Waals surface area (Å²) < 4.78 is 0. The minimum absolute atomic E-state index is 0.496. The number of halogens is 1. The van der Waals surface area contributed by atoms with Gasteiger partial charge in [-0.25, -0.2) is 4.98 Å². The minimum atomic E-state index is 0.496. The molecule has 0 saturated carbocycles. The average molecular weight is 264 g/mol. The average Bonchev–Trinajstić information content (AvgIpc) is 2.76. The summed E-state index contributed by atoms with van der Waals surface area (Å²) >= 11 is 7.27. The Morgan fingerprint density at radius 3 is 2.88 bits per heavy atom. The molecule has 0 aromatic carbocycles. The number of aryl methyl sites for hydroxylation is 1. The first kappa shape index (κ1) is 11.9. The molecule has 2 heterocycles. The second-order valence-corrected chi connectivity index (χ2v) is 5.05. The van der Waals surface area contributed by atoms with E-state index >= 15 is 0 Å². The second kappa shape index (κ2) is 5.17. The third-order valence-corrected chi connectivity index (χ3v) is 3.48. The van der Waals surface area contributed by atoms with Crippen molar-refractivity contribution in [2.45, 2.75) is 13.5 Å². The Kier molecular flexibility index (Phi) is 3.62. The number of anilines is 1. The fourth-order valence-electron chi connectivity index (χ4n) is 1.43. The molecule has 0 unspecified atom stereocenters. The molecule has 0 saturated heterocycles. The van der Waals surface area contributed by atoms with Gasteiger partial charge in [-0.05, 0) is 31.2 Å². The number of rotatable bonds is 3. The quantitative estimate of drug-likeness (QED) is 0.861. The Hall–Kier alpha value is -1.57. The Morgan fingerprint density at radius 1 is 1.41 bits per heavy atom. The Balaban J connectivity index is 2.05. The fraction of sp³-hybridized carbons (Fsp3) is 0.167. The highest BCUT2D eigenvalue weighted by Gasteiger charge is 2.02. The molecule has 0 fully saturated rings. The first-order valence-corrected chi connectivity index (χ1v) is 6.24. The van der Waals surface area contributed by atoms with Crippen molar-refractivity contribution in [1.29, 1.82) is 5.26 Å². The molecule has 3 nitrogen and oxygen atoms in total. The highest BCUT2D eigenvalue weighted by molar-refractivity contribution is 7.12. The highest BCUT2D eigenvalue weighted by atomic mass is 35.5. The number of hydrogen-bond donors (Lipinski definition) is 1. The summed E-state index contributed by atoms with van der Waals surface area (Å²) in [7, 11) is 0. The van der Waals surface area contributed by atoms with E-state index < -0.39 is 0 Å². The molecule has 5 heteroatoms. The van der Waals surface area contributed by atoms with E-state index in [0.29, 0.717) is 11.7 Å². The highest BCUT2D eigenvalue weighted by Crippen LogP contribution is 2.19. The third-order valence-electron chi connectivity index (χ3n) is 2.28. The van der Waals surface area contributed by atoms with Gasteiger partial charge in [0.15, 0.2) is 0 Å². The van der Waals surface area contributed by atoms with E-state index in [9.17, 15) is 0 Å². The van der Waals surface area contributed by atoms with E-state index in [1.54, 1.807) is 6.07 Å². The molecule has 0 bridgehead atoms. The van der Waals surface area contributed by atoms with Gasteiger partial charge in [-0.1, -0.05) is 11.6 Å². The summed E-state index contributed by atoms with van der Waals surface area (Å²) in [4.78, 5) is 6.01. The largest absolute Gasteiger partial charge is 0.379 e. The molecule has 2 rings (SSSR count). The molecule has 0 radical (unpaired) electrons. The lowest BCUT2D eigenvalue weighted by Gasteiger charge is -2.07. The van der Waals surface area contributed by atoms with Gasteiger partial charge in [0.1, 0.15) is 16.1 Å². The number of nitrogens with zero attached hydrogens (tertiary/aromatic N) is 2. The SMILES string of the molecule is Cc1nc(Cl)ccc1NCc1ccc(C#N)s1. The number of nitriles is 1. The van der Waals surface area contributed by atoms with Crippen LogP contribution in [0, 0.1) is 18.3 Å². The standard InChI is InChI=1S/C12H10ClN3S/c1-8-11(4-5-12(13)16-8)15-7-10-3-2-9(6-14)17-10/h2-5,15H,7H2,1H3. The Labute approximate surface area is 109 Å². The lowest BCUT2D eigenvalue weighted by molar-refractivity contribution is 1.13. The van der Waals surface area contributed by atoms with Gasteiger partial charge >= 0.3 is 0 Å². The summed E-state index contributed by atoms with van der Waals surface area (Å²) in [6.07, 6.45) is 0. The van der Waals surface area contributed by atoms with E-state index in [1.165, 1.54) is 11.3 Å². The van der Waals surface area contributed by atoms with E-state index in [-0.39, 0.29) is 0 Å². The van der Waals surface area contributed by atoms with Crippen molar-refractivity contribution < 1.29 is 0 Å². The van der Waals surface area contributed by atoms with Crippen molar-refractivity contribution in [3.63, 3.8) is 0 Å². The van der Waals surface area contributed by atoms with Gasteiger partial charge in [0.25, 0.3) is 0 Å². The van der Waals surface area contributed by atoms with Crippen LogP contribution in [-0.4, -0.2) is 4.98 Å². The fourth-order valence-corrected chi connectivity index (χ4v) is 2.37. The number of pyridine rings is 1. The summed E-state index contributed by atoms with van der Waals surface area (Å²) in [5.41, 5.74) is 1.83. The second-order valence-electron chi connectivity index (χ2n) is 3.50. The van der Waals surface area contributed by atoms with Gasteiger partial charge < -0.3 is 5.32 Å². The van der Waals surface area contributed by atoms with Gasteiger partial charge in [0.2, 0.25) is 0 Å². The minimum Gasteiger partial charge on any atom is -0.379 e. The Morgan fingerprint density at radius 2 is 2.24 bits per heavy atom. The molecule has 17 heavy (non-hydrogen) atoms. The van der Waals surface area contributed by atoms with Gasteiger partial charge in [-0.3, -0.25) is 0 Å². The summed E-state index contributed by atoms with van der Waals surface area (Å²) in [6.45, 7) is 2.60. The van der Waals surface area contributed by atoms with Crippen molar-refractivity contribution in [2.75, 3.05) is 5.32 Å². The Bertz CT molecular complexity index is 571. The molecular weight excluding hydrogens is 254 g/mol. The first-order valence-electron chi connectivity index (χ1n) is 5.05. The lowest BCUT2D eigenvalue weighted by Crippen LogP contribution is -2.00. The summed E-state index contributed by atoms with van der Waals surface area (Å²) in [6, 6.07) is 9.57. The number of thiophene rings is 1. The third kappa shape index (κ3) is 2.96. The van der Waals surface area contributed by atoms with Gasteiger partial charge in [-0.15, -0.1) is 11.3 Å². The van der Waals surface area contributed by atoms with Crippen molar-refractivity contribution in [1.82, 2.24) is 4.98 Å². The van der Waals surface area contributed by atoms with Crippen LogP contribution in [0.5, 0.6) is 0 Å². The monoisotopic (exact) mass is 263 g/mol.